The Balaban J connectivity index is 1.60. The maximum absolute atomic E-state index is 12.2. The highest BCUT2D eigenvalue weighted by atomic mass is 79.9. The highest BCUT2D eigenvalue weighted by Gasteiger charge is 2.08. The van der Waals surface area contributed by atoms with Gasteiger partial charge in [0.2, 0.25) is 0 Å². The second-order valence-corrected chi connectivity index (χ2v) is 8.28. The van der Waals surface area contributed by atoms with Crippen molar-refractivity contribution in [3.05, 3.63) is 86.8 Å². The smallest absolute Gasteiger partial charge is 0.271 e. The van der Waals surface area contributed by atoms with Gasteiger partial charge in [-0.25, -0.2) is 5.43 Å². The van der Waals surface area contributed by atoms with Crippen LogP contribution in [-0.4, -0.2) is 31.7 Å². The third-order valence-corrected chi connectivity index (χ3v) is 5.20. The molecule has 0 aliphatic carbocycles. The number of nitrogens with zero attached hydrogens (tertiary/aromatic N) is 1. The molecule has 164 valence electrons. The summed E-state index contributed by atoms with van der Waals surface area (Å²) in [7, 11) is 1.58. The molecule has 0 unspecified atom stereocenters. The predicted octanol–water partition coefficient (Wildman–Crippen LogP) is 5.00. The van der Waals surface area contributed by atoms with Crippen molar-refractivity contribution in [1.29, 1.82) is 0 Å². The maximum atomic E-state index is 12.2. The highest BCUT2D eigenvalue weighted by Crippen LogP contribution is 2.22. The monoisotopic (exact) mass is 559 g/mol. The summed E-state index contributed by atoms with van der Waals surface area (Å²) in [6.07, 6.45) is 1.46. The summed E-state index contributed by atoms with van der Waals surface area (Å²) in [6, 6.07) is 19.2. The van der Waals surface area contributed by atoms with Crippen LogP contribution < -0.4 is 20.2 Å². The number of ether oxygens (including phenoxy) is 2. The summed E-state index contributed by atoms with van der Waals surface area (Å²) in [5.41, 5.74) is 4.18. The van der Waals surface area contributed by atoms with Crippen LogP contribution in [0.4, 0.5) is 5.69 Å². The molecule has 0 aliphatic heterocycles. The van der Waals surface area contributed by atoms with Crippen LogP contribution in [0.5, 0.6) is 11.5 Å². The summed E-state index contributed by atoms with van der Waals surface area (Å²) < 4.78 is 12.4. The quantitative estimate of drug-likeness (QED) is 0.300. The lowest BCUT2D eigenvalue weighted by molar-refractivity contribution is -0.118. The van der Waals surface area contributed by atoms with Crippen molar-refractivity contribution in [3.8, 4) is 11.5 Å². The van der Waals surface area contributed by atoms with E-state index in [1.807, 2.05) is 0 Å². The van der Waals surface area contributed by atoms with Gasteiger partial charge in [0.15, 0.2) is 6.61 Å². The van der Waals surface area contributed by atoms with Gasteiger partial charge in [0.05, 0.1) is 13.3 Å². The molecule has 0 spiro atoms. The molecule has 0 radical (unpaired) electrons. The number of hydrazone groups is 1. The van der Waals surface area contributed by atoms with E-state index in [1.54, 1.807) is 73.8 Å². The van der Waals surface area contributed by atoms with Crippen molar-refractivity contribution in [3.63, 3.8) is 0 Å². The third-order valence-electron chi connectivity index (χ3n) is 4.18. The first kappa shape index (κ1) is 23.5. The lowest BCUT2D eigenvalue weighted by atomic mass is 10.2. The van der Waals surface area contributed by atoms with Crippen LogP contribution in [0.1, 0.15) is 15.9 Å². The Morgan fingerprint density at radius 3 is 2.34 bits per heavy atom. The van der Waals surface area contributed by atoms with Crippen molar-refractivity contribution in [2.24, 2.45) is 5.10 Å². The highest BCUT2D eigenvalue weighted by molar-refractivity contribution is 9.10. The number of nitrogens with one attached hydrogen (secondary N) is 2. The van der Waals surface area contributed by atoms with E-state index in [0.29, 0.717) is 28.3 Å². The number of hydrogen-bond acceptors (Lipinski definition) is 5. The largest absolute Gasteiger partial charge is 0.497 e. The Kier molecular flexibility index (Phi) is 8.41. The molecule has 0 aromatic heterocycles. The molecule has 3 aromatic carbocycles. The van der Waals surface area contributed by atoms with Crippen LogP contribution >= 0.6 is 31.9 Å². The molecule has 3 rings (SSSR count). The second-order valence-electron chi connectivity index (χ2n) is 6.45. The number of anilines is 1. The summed E-state index contributed by atoms with van der Waals surface area (Å²) in [5, 5.41) is 6.76. The van der Waals surface area contributed by atoms with E-state index in [0.717, 1.165) is 8.95 Å². The van der Waals surface area contributed by atoms with Gasteiger partial charge in [-0.3, -0.25) is 9.59 Å². The summed E-state index contributed by atoms with van der Waals surface area (Å²) >= 11 is 6.73. The molecular weight excluding hydrogens is 542 g/mol. The molecule has 3 aromatic rings. The minimum absolute atomic E-state index is 0.195. The minimum atomic E-state index is -0.343. The first-order valence-electron chi connectivity index (χ1n) is 9.40. The first-order valence-corrected chi connectivity index (χ1v) is 11.0. The third kappa shape index (κ3) is 6.93. The van der Waals surface area contributed by atoms with Crippen LogP contribution in [0.15, 0.2) is 80.8 Å². The molecule has 2 N–H and O–H groups in total. The SMILES string of the molecule is COc1ccc(NC(=O)COc2ccc(Br)cc2/C=N/NC(=O)c2ccc(Br)cc2)cc1. The van der Waals surface area contributed by atoms with E-state index in [9.17, 15) is 9.59 Å². The minimum Gasteiger partial charge on any atom is -0.497 e. The summed E-state index contributed by atoms with van der Waals surface area (Å²) in [4.78, 5) is 24.4. The standard InChI is InChI=1S/C23H19Br2N3O4/c1-31-20-9-7-19(8-10-20)27-22(29)14-32-21-11-6-18(25)12-16(21)13-26-28-23(30)15-2-4-17(24)5-3-15/h2-13H,14H2,1H3,(H,27,29)(H,28,30)/b26-13+. The fourth-order valence-electron chi connectivity index (χ4n) is 2.59. The molecule has 0 aliphatic rings. The molecule has 0 saturated carbocycles. The Bertz CT molecular complexity index is 1120. The Labute approximate surface area is 202 Å². The fraction of sp³-hybridized carbons (Fsp3) is 0.0870. The van der Waals surface area contributed by atoms with E-state index in [4.69, 9.17) is 9.47 Å². The van der Waals surface area contributed by atoms with Gasteiger partial charge >= 0.3 is 0 Å². The zero-order valence-corrected chi connectivity index (χ0v) is 20.1. The van der Waals surface area contributed by atoms with Gasteiger partial charge in [0.1, 0.15) is 11.5 Å². The van der Waals surface area contributed by atoms with Crippen molar-refractivity contribution in [2.75, 3.05) is 19.0 Å². The van der Waals surface area contributed by atoms with E-state index in [-0.39, 0.29) is 18.4 Å². The Morgan fingerprint density at radius 2 is 1.66 bits per heavy atom. The van der Waals surface area contributed by atoms with Gasteiger partial charge in [0.25, 0.3) is 11.8 Å². The van der Waals surface area contributed by atoms with Crippen LogP contribution in [0.2, 0.25) is 0 Å². The summed E-state index contributed by atoms with van der Waals surface area (Å²) in [6.45, 7) is -0.195. The van der Waals surface area contributed by atoms with E-state index < -0.39 is 0 Å². The molecule has 2 amide bonds. The van der Waals surface area contributed by atoms with E-state index in [2.05, 4.69) is 47.7 Å². The fourth-order valence-corrected chi connectivity index (χ4v) is 3.24. The number of methoxy groups -OCH3 is 1. The van der Waals surface area contributed by atoms with Crippen molar-refractivity contribution in [1.82, 2.24) is 5.43 Å². The van der Waals surface area contributed by atoms with Crippen molar-refractivity contribution in [2.45, 2.75) is 0 Å². The van der Waals surface area contributed by atoms with Gasteiger partial charge in [-0.1, -0.05) is 31.9 Å². The molecule has 0 saturated heterocycles. The molecule has 7 nitrogen and oxygen atoms in total. The average Bonchev–Trinajstić information content (AvgIpc) is 2.79. The van der Waals surface area contributed by atoms with Crippen LogP contribution in [-0.2, 0) is 4.79 Å². The molecule has 0 fully saturated rings. The molecule has 0 atom stereocenters. The number of rotatable bonds is 8. The van der Waals surface area contributed by atoms with Crippen molar-refractivity contribution < 1.29 is 19.1 Å². The number of halogens is 2. The molecule has 0 heterocycles. The van der Waals surface area contributed by atoms with Crippen LogP contribution in [0.3, 0.4) is 0 Å². The summed E-state index contributed by atoms with van der Waals surface area (Å²) in [5.74, 6) is 0.486. The number of carbonyl (C=O) groups is 2. The van der Waals surface area contributed by atoms with E-state index in [1.165, 1.54) is 6.21 Å². The number of hydrogen-bond donors (Lipinski definition) is 2. The van der Waals surface area contributed by atoms with Crippen molar-refractivity contribution >= 4 is 55.6 Å². The van der Waals surface area contributed by atoms with Gasteiger partial charge in [-0.2, -0.15) is 5.10 Å². The van der Waals surface area contributed by atoms with Gasteiger partial charge in [-0.15, -0.1) is 0 Å². The predicted molar refractivity (Wildman–Crippen MR) is 130 cm³/mol. The van der Waals surface area contributed by atoms with Crippen LogP contribution in [0.25, 0.3) is 0 Å². The average molecular weight is 561 g/mol. The number of carbonyl (C=O) groups excluding carboxylic acids is 2. The molecular formula is C23H19Br2N3O4. The molecule has 0 bridgehead atoms. The number of amides is 2. The zero-order chi connectivity index (χ0) is 22.9. The normalized spacial score (nSPS) is 10.6. The topological polar surface area (TPSA) is 89.0 Å². The maximum Gasteiger partial charge on any atom is 0.271 e. The lowest BCUT2D eigenvalue weighted by Crippen LogP contribution is -2.20. The Hall–Kier alpha value is -3.17. The zero-order valence-electron chi connectivity index (χ0n) is 17.0. The lowest BCUT2D eigenvalue weighted by Gasteiger charge is -2.10. The van der Waals surface area contributed by atoms with Gasteiger partial charge in [-0.05, 0) is 66.7 Å². The van der Waals surface area contributed by atoms with Crippen LogP contribution in [0, 0.1) is 0 Å². The first-order chi connectivity index (χ1) is 15.4. The number of benzene rings is 3. The molecule has 32 heavy (non-hydrogen) atoms. The van der Waals surface area contributed by atoms with E-state index >= 15 is 0 Å². The van der Waals surface area contributed by atoms with Gasteiger partial charge in [0, 0.05) is 25.8 Å². The van der Waals surface area contributed by atoms with Gasteiger partial charge < -0.3 is 14.8 Å². The molecule has 9 heteroatoms. The Morgan fingerprint density at radius 1 is 0.969 bits per heavy atom. The second kappa shape index (κ2) is 11.4.